The number of aldehydes is 1. The second-order valence-electron chi connectivity index (χ2n) is 4.54. The second-order valence-corrected chi connectivity index (χ2v) is 4.54. The lowest BCUT2D eigenvalue weighted by Crippen LogP contribution is -2.15. The summed E-state index contributed by atoms with van der Waals surface area (Å²) >= 11 is 0. The lowest BCUT2D eigenvalue weighted by Gasteiger charge is -2.23. The largest absolute Gasteiger partial charge is 0.398 e. The maximum absolute atomic E-state index is 11.1. The van der Waals surface area contributed by atoms with E-state index in [2.05, 4.69) is 4.98 Å². The van der Waals surface area contributed by atoms with Crippen molar-refractivity contribution in [2.45, 2.75) is 25.2 Å². The fraction of sp³-hybridized carbons (Fsp3) is 0.286. The molecule has 1 aliphatic carbocycles. The van der Waals surface area contributed by atoms with Gasteiger partial charge < -0.3 is 10.5 Å². The van der Waals surface area contributed by atoms with Gasteiger partial charge >= 0.3 is 0 Å². The number of carbonyl (C=O) groups is 1. The minimum atomic E-state index is -0.0733. The molecule has 3 nitrogen and oxygen atoms in total. The van der Waals surface area contributed by atoms with Gasteiger partial charge in [0.25, 0.3) is 0 Å². The van der Waals surface area contributed by atoms with Gasteiger partial charge in [-0.25, -0.2) is 0 Å². The number of rotatable bonds is 1. The minimum Gasteiger partial charge on any atom is -0.398 e. The molecule has 0 spiro atoms. The molecule has 1 aromatic carbocycles. The molecule has 0 bridgehead atoms. The lowest BCUT2D eigenvalue weighted by molar-refractivity contribution is -0.109. The van der Waals surface area contributed by atoms with E-state index in [4.69, 9.17) is 5.73 Å². The summed E-state index contributed by atoms with van der Waals surface area (Å²) < 4.78 is 0. The molecule has 1 unspecified atom stereocenters. The lowest BCUT2D eigenvalue weighted by atomic mass is 9.84. The van der Waals surface area contributed by atoms with Crippen molar-refractivity contribution in [1.29, 1.82) is 0 Å². The van der Waals surface area contributed by atoms with Crippen LogP contribution in [0, 0.1) is 0 Å². The molecule has 3 rings (SSSR count). The molecule has 0 radical (unpaired) electrons. The zero-order valence-corrected chi connectivity index (χ0v) is 9.52. The zero-order chi connectivity index (χ0) is 11.8. The third-order valence-electron chi connectivity index (χ3n) is 3.51. The van der Waals surface area contributed by atoms with Crippen molar-refractivity contribution in [1.82, 2.24) is 4.98 Å². The third-order valence-corrected chi connectivity index (χ3v) is 3.51. The van der Waals surface area contributed by atoms with Crippen molar-refractivity contribution in [3.63, 3.8) is 0 Å². The highest BCUT2D eigenvalue weighted by Crippen LogP contribution is 2.36. The summed E-state index contributed by atoms with van der Waals surface area (Å²) in [4.78, 5) is 15.8. The van der Waals surface area contributed by atoms with Gasteiger partial charge in [0.2, 0.25) is 0 Å². The van der Waals surface area contributed by atoms with Gasteiger partial charge in [-0.15, -0.1) is 0 Å². The molecule has 0 fully saturated rings. The number of nitrogens with two attached hydrogens (primary N) is 1. The minimum absolute atomic E-state index is 0.0733. The Labute approximate surface area is 99.7 Å². The number of hydrogen-bond acceptors (Lipinski definition) is 3. The third kappa shape index (κ3) is 1.50. The van der Waals surface area contributed by atoms with Crippen LogP contribution >= 0.6 is 0 Å². The molecule has 0 saturated carbocycles. The van der Waals surface area contributed by atoms with Gasteiger partial charge in [-0.05, 0) is 25.3 Å². The summed E-state index contributed by atoms with van der Waals surface area (Å²) in [5, 5.41) is 0.958. The molecule has 1 aliphatic rings. The number of para-hydroxylation sites is 1. The van der Waals surface area contributed by atoms with Crippen LogP contribution in [0.2, 0.25) is 0 Å². The van der Waals surface area contributed by atoms with Gasteiger partial charge in [-0.3, -0.25) is 4.98 Å². The van der Waals surface area contributed by atoms with Gasteiger partial charge in [0.1, 0.15) is 6.29 Å². The number of nitrogens with zero attached hydrogens (tertiary/aromatic N) is 1. The molecular formula is C14H14N2O. The van der Waals surface area contributed by atoms with Crippen molar-refractivity contribution in [2.75, 3.05) is 5.73 Å². The first kappa shape index (κ1) is 10.3. The van der Waals surface area contributed by atoms with Crippen LogP contribution < -0.4 is 5.73 Å². The van der Waals surface area contributed by atoms with E-state index < -0.39 is 0 Å². The number of carbonyl (C=O) groups excluding carboxylic acids is 1. The number of benzene rings is 1. The Hall–Kier alpha value is -1.90. The summed E-state index contributed by atoms with van der Waals surface area (Å²) in [6, 6.07) is 7.84. The first-order chi connectivity index (χ1) is 8.31. The summed E-state index contributed by atoms with van der Waals surface area (Å²) in [5.74, 6) is -0.0733. The number of fused-ring (bicyclic) bond motifs is 2. The second kappa shape index (κ2) is 3.84. The van der Waals surface area contributed by atoms with Crippen molar-refractivity contribution >= 4 is 22.9 Å². The number of nitrogen functional groups attached to an aromatic ring is 1. The van der Waals surface area contributed by atoms with Gasteiger partial charge in [0.05, 0.1) is 5.52 Å². The van der Waals surface area contributed by atoms with Crippen LogP contribution in [-0.2, 0) is 11.2 Å². The van der Waals surface area contributed by atoms with E-state index in [1.54, 1.807) is 0 Å². The number of aryl methyl sites for hydroxylation is 1. The molecule has 0 amide bonds. The Bertz CT molecular complexity index is 592. The fourth-order valence-corrected chi connectivity index (χ4v) is 2.68. The number of aromatic nitrogens is 1. The molecule has 0 saturated heterocycles. The van der Waals surface area contributed by atoms with Gasteiger partial charge in [0, 0.05) is 28.2 Å². The Balaban J connectivity index is 2.34. The molecule has 1 aromatic heterocycles. The van der Waals surface area contributed by atoms with Crippen LogP contribution in [0.3, 0.4) is 0 Å². The molecule has 3 heteroatoms. The summed E-state index contributed by atoms with van der Waals surface area (Å²) in [5.41, 5.74) is 9.84. The Morgan fingerprint density at radius 3 is 3.00 bits per heavy atom. The fourth-order valence-electron chi connectivity index (χ4n) is 2.68. The van der Waals surface area contributed by atoms with Crippen LogP contribution in [0.5, 0.6) is 0 Å². The van der Waals surface area contributed by atoms with Crippen molar-refractivity contribution in [3.8, 4) is 0 Å². The quantitative estimate of drug-likeness (QED) is 0.760. The zero-order valence-electron chi connectivity index (χ0n) is 9.52. The monoisotopic (exact) mass is 226 g/mol. The predicted octanol–water partition coefficient (Wildman–Crippen LogP) is 2.44. The van der Waals surface area contributed by atoms with E-state index in [0.717, 1.165) is 53.4 Å². The predicted molar refractivity (Wildman–Crippen MR) is 67.9 cm³/mol. The van der Waals surface area contributed by atoms with Crippen LogP contribution in [-0.4, -0.2) is 11.3 Å². The average molecular weight is 226 g/mol. The molecule has 86 valence electrons. The van der Waals surface area contributed by atoms with E-state index in [9.17, 15) is 4.79 Å². The highest BCUT2D eigenvalue weighted by molar-refractivity contribution is 5.93. The Morgan fingerprint density at radius 2 is 2.18 bits per heavy atom. The summed E-state index contributed by atoms with van der Waals surface area (Å²) in [7, 11) is 0. The number of hydrogen-bond donors (Lipinski definition) is 1. The number of pyridine rings is 1. The van der Waals surface area contributed by atoms with Crippen LogP contribution in [0.25, 0.3) is 10.9 Å². The first-order valence-corrected chi connectivity index (χ1v) is 5.93. The van der Waals surface area contributed by atoms with Crippen LogP contribution in [0.4, 0.5) is 5.69 Å². The highest BCUT2D eigenvalue weighted by atomic mass is 16.1. The van der Waals surface area contributed by atoms with E-state index >= 15 is 0 Å². The Kier molecular flexibility index (Phi) is 2.32. The van der Waals surface area contributed by atoms with Gasteiger partial charge in [0.15, 0.2) is 0 Å². The highest BCUT2D eigenvalue weighted by Gasteiger charge is 2.24. The molecular weight excluding hydrogens is 212 g/mol. The standard InChI is InChI=1S/C14H14N2O/c15-14-10-5-1-2-6-11(10)16-12-7-3-4-9(8-17)13(12)14/h1-2,5-6,8-9H,3-4,7H2,(H2,15,16). The van der Waals surface area contributed by atoms with E-state index in [0.29, 0.717) is 0 Å². The molecule has 2 aromatic rings. The van der Waals surface area contributed by atoms with Gasteiger partial charge in [-0.1, -0.05) is 18.2 Å². The maximum Gasteiger partial charge on any atom is 0.127 e. The SMILES string of the molecule is Nc1c2c(nc3ccccc13)CCCC2C=O. The molecule has 0 aliphatic heterocycles. The topological polar surface area (TPSA) is 56.0 Å². The number of anilines is 1. The molecule has 1 atom stereocenters. The van der Waals surface area contributed by atoms with Crippen LogP contribution in [0.1, 0.15) is 30.0 Å². The Morgan fingerprint density at radius 1 is 1.35 bits per heavy atom. The average Bonchev–Trinajstić information content (AvgIpc) is 2.38. The van der Waals surface area contributed by atoms with Gasteiger partial charge in [-0.2, -0.15) is 0 Å². The smallest absolute Gasteiger partial charge is 0.127 e. The first-order valence-electron chi connectivity index (χ1n) is 5.93. The normalized spacial score (nSPS) is 18.9. The molecule has 1 heterocycles. The van der Waals surface area contributed by atoms with Crippen molar-refractivity contribution in [3.05, 3.63) is 35.5 Å². The van der Waals surface area contributed by atoms with E-state index in [1.165, 1.54) is 0 Å². The van der Waals surface area contributed by atoms with E-state index in [1.807, 2.05) is 24.3 Å². The maximum atomic E-state index is 11.1. The summed E-state index contributed by atoms with van der Waals surface area (Å²) in [6.45, 7) is 0. The molecule has 2 N–H and O–H groups in total. The van der Waals surface area contributed by atoms with Crippen LogP contribution in [0.15, 0.2) is 24.3 Å². The van der Waals surface area contributed by atoms with E-state index in [-0.39, 0.29) is 5.92 Å². The van der Waals surface area contributed by atoms with Crippen molar-refractivity contribution < 1.29 is 4.79 Å². The molecule has 17 heavy (non-hydrogen) atoms. The van der Waals surface area contributed by atoms with Crippen molar-refractivity contribution in [2.24, 2.45) is 0 Å². The summed E-state index contributed by atoms with van der Waals surface area (Å²) in [6.07, 6.45) is 3.83.